The molecule has 0 bridgehead atoms. The second-order valence-electron chi connectivity index (χ2n) is 4.52. The molecule has 0 radical (unpaired) electrons. The smallest absolute Gasteiger partial charge is 0.169 e. The van der Waals surface area contributed by atoms with E-state index in [0.717, 1.165) is 6.54 Å². The first-order valence-electron chi connectivity index (χ1n) is 6.36. The van der Waals surface area contributed by atoms with E-state index in [4.69, 9.17) is 0 Å². The van der Waals surface area contributed by atoms with Crippen LogP contribution in [0.2, 0.25) is 0 Å². The summed E-state index contributed by atoms with van der Waals surface area (Å²) in [4.78, 5) is 0. The third kappa shape index (κ3) is 7.82. The third-order valence-corrected chi connectivity index (χ3v) is 3.61. The summed E-state index contributed by atoms with van der Waals surface area (Å²) in [7, 11) is 0. The van der Waals surface area contributed by atoms with Gasteiger partial charge in [-0.25, -0.2) is 4.57 Å². The Morgan fingerprint density at radius 3 is 2.41 bits per heavy atom. The van der Waals surface area contributed by atoms with Crippen molar-refractivity contribution >= 4 is 12.6 Å². The zero-order valence-corrected chi connectivity index (χ0v) is 13.4. The molecule has 0 aromatic carbocycles. The Bertz CT molecular complexity index is 287. The summed E-state index contributed by atoms with van der Waals surface area (Å²) in [6.07, 6.45) is 10.7. The number of aromatic nitrogens is 1. The molecule has 0 fully saturated rings. The standard InChI is InChI=1S/C14H23NS.BrH/c1-3-14(16)7-5-4-6-10-15-11-8-13(2)9-12-15;/h8-9,11-12,14H,3-7,10H2,1-2H3;1H. The third-order valence-electron chi connectivity index (χ3n) is 2.98. The highest BCUT2D eigenvalue weighted by Gasteiger charge is 2.01. The molecule has 0 saturated heterocycles. The van der Waals surface area contributed by atoms with Gasteiger partial charge in [0.05, 0.1) is 0 Å². The number of aryl methyl sites for hydroxylation is 2. The van der Waals surface area contributed by atoms with Crippen molar-refractivity contribution in [3.05, 3.63) is 30.1 Å². The molecule has 1 heterocycles. The molecule has 1 aromatic heterocycles. The molecule has 1 nitrogen and oxygen atoms in total. The average Bonchev–Trinajstić information content (AvgIpc) is 2.31. The van der Waals surface area contributed by atoms with Gasteiger partial charge in [0.25, 0.3) is 0 Å². The molecule has 0 saturated carbocycles. The lowest BCUT2D eigenvalue weighted by Crippen LogP contribution is -3.00. The number of pyridine rings is 1. The second-order valence-corrected chi connectivity index (χ2v) is 5.26. The molecule has 0 aliphatic carbocycles. The number of hydrogen-bond donors (Lipinski definition) is 1. The van der Waals surface area contributed by atoms with Crippen LogP contribution in [0.5, 0.6) is 0 Å². The minimum absolute atomic E-state index is 0. The van der Waals surface area contributed by atoms with Crippen LogP contribution in [-0.2, 0) is 6.54 Å². The van der Waals surface area contributed by atoms with E-state index in [-0.39, 0.29) is 17.0 Å². The van der Waals surface area contributed by atoms with Crippen LogP contribution in [0.15, 0.2) is 24.5 Å². The summed E-state index contributed by atoms with van der Waals surface area (Å²) in [5, 5.41) is 0.604. The Kier molecular flexibility index (Phi) is 9.94. The first-order valence-corrected chi connectivity index (χ1v) is 6.87. The summed E-state index contributed by atoms with van der Waals surface area (Å²) < 4.78 is 2.27. The highest BCUT2D eigenvalue weighted by Crippen LogP contribution is 2.11. The van der Waals surface area contributed by atoms with Crippen LogP contribution in [0.4, 0.5) is 0 Å². The molecule has 0 amide bonds. The molecule has 0 aliphatic rings. The summed E-state index contributed by atoms with van der Waals surface area (Å²) >= 11 is 4.51. The second kappa shape index (κ2) is 9.95. The van der Waals surface area contributed by atoms with E-state index >= 15 is 0 Å². The van der Waals surface area contributed by atoms with E-state index in [2.05, 4.69) is 55.6 Å². The SMILES string of the molecule is CCC(S)CCCCC[n+]1ccc(C)cc1.[Br-]. The van der Waals surface area contributed by atoms with Gasteiger partial charge in [0, 0.05) is 23.8 Å². The highest BCUT2D eigenvalue weighted by molar-refractivity contribution is 7.80. The van der Waals surface area contributed by atoms with E-state index < -0.39 is 0 Å². The van der Waals surface area contributed by atoms with Gasteiger partial charge in [-0.1, -0.05) is 13.3 Å². The van der Waals surface area contributed by atoms with Crippen molar-refractivity contribution in [2.24, 2.45) is 0 Å². The molecule has 3 heteroatoms. The fraction of sp³-hybridized carbons (Fsp3) is 0.643. The Morgan fingerprint density at radius 1 is 1.18 bits per heavy atom. The number of unbranched alkanes of at least 4 members (excludes halogenated alkanes) is 2. The zero-order valence-electron chi connectivity index (χ0n) is 10.9. The van der Waals surface area contributed by atoms with Crippen molar-refractivity contribution in [3.8, 4) is 0 Å². The number of nitrogens with zero attached hydrogens (tertiary/aromatic N) is 1. The van der Waals surface area contributed by atoms with Gasteiger partial charge < -0.3 is 17.0 Å². The largest absolute Gasteiger partial charge is 1.00 e. The molecule has 1 aromatic rings. The number of hydrogen-bond acceptors (Lipinski definition) is 1. The van der Waals surface area contributed by atoms with Crippen LogP contribution >= 0.6 is 12.6 Å². The van der Waals surface area contributed by atoms with Gasteiger partial charge in [-0.05, 0) is 31.7 Å². The number of thiol groups is 1. The highest BCUT2D eigenvalue weighted by atomic mass is 79.9. The van der Waals surface area contributed by atoms with E-state index in [0.29, 0.717) is 5.25 Å². The normalized spacial score (nSPS) is 11.9. The van der Waals surface area contributed by atoms with Crippen LogP contribution in [-0.4, -0.2) is 5.25 Å². The maximum atomic E-state index is 4.51. The lowest BCUT2D eigenvalue weighted by Gasteiger charge is -2.05. The maximum absolute atomic E-state index is 4.51. The molecule has 0 N–H and O–H groups in total. The van der Waals surface area contributed by atoms with E-state index in [1.165, 1.54) is 37.7 Å². The van der Waals surface area contributed by atoms with E-state index in [1.54, 1.807) is 0 Å². The van der Waals surface area contributed by atoms with Crippen molar-refractivity contribution in [2.45, 2.75) is 57.7 Å². The molecule has 1 unspecified atom stereocenters. The van der Waals surface area contributed by atoms with E-state index in [9.17, 15) is 0 Å². The Labute approximate surface area is 122 Å². The number of halogens is 1. The van der Waals surface area contributed by atoms with Crippen LogP contribution < -0.4 is 21.5 Å². The van der Waals surface area contributed by atoms with Gasteiger partial charge in [-0.15, -0.1) is 0 Å². The maximum Gasteiger partial charge on any atom is 0.169 e. The van der Waals surface area contributed by atoms with Crippen molar-refractivity contribution in [1.82, 2.24) is 0 Å². The molecule has 17 heavy (non-hydrogen) atoms. The molecule has 0 spiro atoms. The summed E-state index contributed by atoms with van der Waals surface area (Å²) in [5.74, 6) is 0. The fourth-order valence-corrected chi connectivity index (χ4v) is 1.92. The van der Waals surface area contributed by atoms with Crippen LogP contribution in [0, 0.1) is 6.92 Å². The lowest BCUT2D eigenvalue weighted by molar-refractivity contribution is -0.697. The van der Waals surface area contributed by atoms with Crippen LogP contribution in [0.1, 0.15) is 44.6 Å². The molecule has 0 aliphatic heterocycles. The Balaban J connectivity index is 0.00000256. The topological polar surface area (TPSA) is 3.88 Å². The Hall–Kier alpha value is -0.0200. The predicted octanol–water partition coefficient (Wildman–Crippen LogP) is 0.555. The zero-order chi connectivity index (χ0) is 11.8. The minimum atomic E-state index is 0. The van der Waals surface area contributed by atoms with E-state index in [1.807, 2.05) is 0 Å². The monoisotopic (exact) mass is 317 g/mol. The first kappa shape index (κ1) is 17.0. The quantitative estimate of drug-likeness (QED) is 0.425. The molecular formula is C14H24BrNS. The fourth-order valence-electron chi connectivity index (χ4n) is 1.74. The molecule has 1 atom stereocenters. The van der Waals surface area contributed by atoms with Gasteiger partial charge in [-0.3, -0.25) is 0 Å². The van der Waals surface area contributed by atoms with Gasteiger partial charge in [0.15, 0.2) is 12.4 Å². The van der Waals surface area contributed by atoms with Crippen molar-refractivity contribution < 1.29 is 21.5 Å². The predicted molar refractivity (Wildman–Crippen MR) is 72.9 cm³/mol. The van der Waals surface area contributed by atoms with Crippen molar-refractivity contribution in [3.63, 3.8) is 0 Å². The van der Waals surface area contributed by atoms with Crippen LogP contribution in [0.25, 0.3) is 0 Å². The number of rotatable bonds is 7. The molecule has 1 rings (SSSR count). The lowest BCUT2D eigenvalue weighted by atomic mass is 10.1. The Morgan fingerprint density at radius 2 is 1.82 bits per heavy atom. The molecule has 98 valence electrons. The van der Waals surface area contributed by atoms with Crippen LogP contribution in [0.3, 0.4) is 0 Å². The first-order chi connectivity index (χ1) is 7.72. The van der Waals surface area contributed by atoms with Crippen molar-refractivity contribution in [2.75, 3.05) is 0 Å². The van der Waals surface area contributed by atoms with Gasteiger partial charge in [0.2, 0.25) is 0 Å². The summed E-state index contributed by atoms with van der Waals surface area (Å²) in [5.41, 5.74) is 1.33. The summed E-state index contributed by atoms with van der Waals surface area (Å²) in [6, 6.07) is 4.33. The van der Waals surface area contributed by atoms with Gasteiger partial charge >= 0.3 is 0 Å². The van der Waals surface area contributed by atoms with Gasteiger partial charge in [-0.2, -0.15) is 12.6 Å². The van der Waals surface area contributed by atoms with Gasteiger partial charge in [0.1, 0.15) is 6.54 Å². The minimum Gasteiger partial charge on any atom is -1.00 e. The van der Waals surface area contributed by atoms with Crippen molar-refractivity contribution in [1.29, 1.82) is 0 Å². The summed E-state index contributed by atoms with van der Waals surface area (Å²) in [6.45, 7) is 5.48. The average molecular weight is 318 g/mol. The molecular weight excluding hydrogens is 294 g/mol.